The van der Waals surface area contributed by atoms with Crippen LogP contribution in [-0.4, -0.2) is 24.7 Å². The van der Waals surface area contributed by atoms with Crippen LogP contribution in [0.1, 0.15) is 19.9 Å². The van der Waals surface area contributed by atoms with Gasteiger partial charge in [0.2, 0.25) is 0 Å². The van der Waals surface area contributed by atoms with Crippen LogP contribution in [0.2, 0.25) is 0 Å². The topological polar surface area (TPSA) is 76.5 Å². The molecule has 0 fully saturated rings. The first-order chi connectivity index (χ1) is 8.09. The molecule has 0 amide bonds. The van der Waals surface area contributed by atoms with Crippen molar-refractivity contribution in [2.24, 2.45) is 0 Å². The van der Waals surface area contributed by atoms with Crippen LogP contribution in [0, 0.1) is 3.57 Å². The number of aromatic nitrogens is 5. The Kier molecular flexibility index (Phi) is 3.82. The summed E-state index contributed by atoms with van der Waals surface area (Å²) in [6.07, 6.45) is 3.20. The SMILES string of the molecule is CC(C)n1c(Sc2ncncc2I)n[nH]c1=O. The number of rotatable bonds is 3. The summed E-state index contributed by atoms with van der Waals surface area (Å²) < 4.78 is 2.53. The Bertz CT molecular complexity index is 579. The van der Waals surface area contributed by atoms with Crippen LogP contribution in [-0.2, 0) is 0 Å². The van der Waals surface area contributed by atoms with Gasteiger partial charge in [-0.2, -0.15) is 0 Å². The van der Waals surface area contributed by atoms with Gasteiger partial charge in [0.15, 0.2) is 5.16 Å². The van der Waals surface area contributed by atoms with E-state index in [4.69, 9.17) is 0 Å². The number of halogens is 1. The molecule has 0 bridgehead atoms. The number of aromatic amines is 1. The highest BCUT2D eigenvalue weighted by Gasteiger charge is 2.14. The maximum Gasteiger partial charge on any atom is 0.344 e. The van der Waals surface area contributed by atoms with Crippen molar-refractivity contribution in [3.8, 4) is 0 Å². The third kappa shape index (κ3) is 2.68. The Hall–Kier alpha value is -0.900. The van der Waals surface area contributed by atoms with Gasteiger partial charge in [0, 0.05) is 12.2 Å². The Morgan fingerprint density at radius 1 is 1.53 bits per heavy atom. The zero-order chi connectivity index (χ0) is 12.4. The van der Waals surface area contributed by atoms with Crippen molar-refractivity contribution in [2.45, 2.75) is 30.1 Å². The van der Waals surface area contributed by atoms with Gasteiger partial charge in [-0.25, -0.2) is 19.9 Å². The Balaban J connectivity index is 2.37. The molecule has 1 N–H and O–H groups in total. The predicted molar refractivity (Wildman–Crippen MR) is 72.1 cm³/mol. The molecular weight excluding hydrogens is 353 g/mol. The van der Waals surface area contributed by atoms with Crippen molar-refractivity contribution in [2.75, 3.05) is 0 Å². The molecule has 2 aromatic heterocycles. The molecule has 0 saturated carbocycles. The van der Waals surface area contributed by atoms with Gasteiger partial charge < -0.3 is 0 Å². The minimum Gasteiger partial charge on any atom is -0.267 e. The predicted octanol–water partition coefficient (Wildman–Crippen LogP) is 1.70. The van der Waals surface area contributed by atoms with E-state index in [-0.39, 0.29) is 11.7 Å². The fourth-order valence-electron chi connectivity index (χ4n) is 1.28. The summed E-state index contributed by atoms with van der Waals surface area (Å²) in [6.45, 7) is 3.87. The molecular formula is C9H10IN5OS. The van der Waals surface area contributed by atoms with E-state index in [2.05, 4.69) is 42.8 Å². The van der Waals surface area contributed by atoms with Gasteiger partial charge in [-0.1, -0.05) is 0 Å². The zero-order valence-electron chi connectivity index (χ0n) is 9.22. The molecule has 0 saturated heterocycles. The second kappa shape index (κ2) is 5.17. The maximum atomic E-state index is 11.6. The molecule has 2 aromatic rings. The molecule has 2 rings (SSSR count). The molecule has 6 nitrogen and oxygen atoms in total. The summed E-state index contributed by atoms with van der Waals surface area (Å²) in [5, 5.41) is 7.85. The lowest BCUT2D eigenvalue weighted by molar-refractivity contribution is 0.534. The first-order valence-corrected chi connectivity index (χ1v) is 6.79. The highest BCUT2D eigenvalue weighted by Crippen LogP contribution is 2.27. The lowest BCUT2D eigenvalue weighted by Crippen LogP contribution is -2.19. The summed E-state index contributed by atoms with van der Waals surface area (Å²) in [5.41, 5.74) is -0.202. The van der Waals surface area contributed by atoms with E-state index >= 15 is 0 Å². The smallest absolute Gasteiger partial charge is 0.267 e. The van der Waals surface area contributed by atoms with E-state index in [1.807, 2.05) is 13.8 Å². The first kappa shape index (κ1) is 12.6. The number of nitrogens with one attached hydrogen (secondary N) is 1. The lowest BCUT2D eigenvalue weighted by Gasteiger charge is -2.08. The largest absolute Gasteiger partial charge is 0.344 e. The third-order valence-electron chi connectivity index (χ3n) is 2.01. The van der Waals surface area contributed by atoms with Gasteiger partial charge in [-0.05, 0) is 48.2 Å². The fraction of sp³-hybridized carbons (Fsp3) is 0.333. The summed E-state index contributed by atoms with van der Waals surface area (Å²) in [4.78, 5) is 19.6. The second-order valence-electron chi connectivity index (χ2n) is 3.55. The minimum absolute atomic E-state index is 0.0586. The standard InChI is InChI=1S/C9H10IN5OS/c1-5(2)15-8(16)13-14-9(15)17-7-6(10)3-11-4-12-7/h3-5H,1-2H3,(H,13,16). The van der Waals surface area contributed by atoms with Gasteiger partial charge in [-0.15, -0.1) is 5.10 Å². The lowest BCUT2D eigenvalue weighted by atomic mass is 10.4. The highest BCUT2D eigenvalue weighted by molar-refractivity contribution is 14.1. The van der Waals surface area contributed by atoms with Gasteiger partial charge in [-0.3, -0.25) is 4.57 Å². The van der Waals surface area contributed by atoms with Crippen molar-refractivity contribution < 1.29 is 0 Å². The normalized spacial score (nSPS) is 11.1. The molecule has 90 valence electrons. The molecule has 0 spiro atoms. The number of H-pyrrole nitrogens is 1. The molecule has 0 unspecified atom stereocenters. The summed E-state index contributed by atoms with van der Waals surface area (Å²) in [6, 6.07) is 0.0586. The molecule has 8 heteroatoms. The van der Waals surface area contributed by atoms with Crippen LogP contribution in [0.15, 0.2) is 27.5 Å². The molecule has 17 heavy (non-hydrogen) atoms. The molecule has 0 aliphatic rings. The average molecular weight is 363 g/mol. The monoisotopic (exact) mass is 363 g/mol. The minimum atomic E-state index is -0.202. The maximum absolute atomic E-state index is 11.6. The van der Waals surface area contributed by atoms with Gasteiger partial charge in [0.05, 0.1) is 3.57 Å². The summed E-state index contributed by atoms with van der Waals surface area (Å²) >= 11 is 3.50. The quantitative estimate of drug-likeness (QED) is 0.664. The molecule has 0 aliphatic heterocycles. The average Bonchev–Trinajstić information content (AvgIpc) is 2.63. The fourth-order valence-corrected chi connectivity index (χ4v) is 2.82. The van der Waals surface area contributed by atoms with Crippen LogP contribution in [0.4, 0.5) is 0 Å². The Morgan fingerprint density at radius 2 is 2.29 bits per heavy atom. The van der Waals surface area contributed by atoms with E-state index in [1.165, 1.54) is 18.1 Å². The van der Waals surface area contributed by atoms with Gasteiger partial charge in [0.25, 0.3) is 0 Å². The van der Waals surface area contributed by atoms with Gasteiger partial charge >= 0.3 is 5.69 Å². The van der Waals surface area contributed by atoms with Crippen molar-refractivity contribution in [1.82, 2.24) is 24.7 Å². The third-order valence-corrected chi connectivity index (χ3v) is 4.15. The van der Waals surface area contributed by atoms with Crippen LogP contribution in [0.5, 0.6) is 0 Å². The van der Waals surface area contributed by atoms with E-state index < -0.39 is 0 Å². The van der Waals surface area contributed by atoms with E-state index in [1.54, 1.807) is 10.8 Å². The molecule has 2 heterocycles. The molecule has 0 radical (unpaired) electrons. The van der Waals surface area contributed by atoms with E-state index in [0.717, 1.165) is 8.60 Å². The van der Waals surface area contributed by atoms with Crippen molar-refractivity contribution in [3.63, 3.8) is 0 Å². The molecule has 0 aromatic carbocycles. The zero-order valence-corrected chi connectivity index (χ0v) is 12.2. The van der Waals surface area contributed by atoms with Gasteiger partial charge in [0.1, 0.15) is 11.4 Å². The molecule has 0 atom stereocenters. The second-order valence-corrected chi connectivity index (χ2v) is 5.67. The Morgan fingerprint density at radius 3 is 2.94 bits per heavy atom. The number of hydrogen-bond acceptors (Lipinski definition) is 5. The van der Waals surface area contributed by atoms with E-state index in [9.17, 15) is 4.79 Å². The molecule has 0 aliphatic carbocycles. The van der Waals surface area contributed by atoms with Crippen molar-refractivity contribution in [3.05, 3.63) is 26.6 Å². The van der Waals surface area contributed by atoms with Crippen LogP contribution in [0.25, 0.3) is 0 Å². The number of nitrogens with zero attached hydrogens (tertiary/aromatic N) is 4. The number of hydrogen-bond donors (Lipinski definition) is 1. The summed E-state index contributed by atoms with van der Waals surface area (Å²) in [5.74, 6) is 0. The van der Waals surface area contributed by atoms with E-state index in [0.29, 0.717) is 5.16 Å². The van der Waals surface area contributed by atoms with Crippen molar-refractivity contribution >= 4 is 34.4 Å². The van der Waals surface area contributed by atoms with Crippen LogP contribution in [0.3, 0.4) is 0 Å². The summed E-state index contributed by atoms with van der Waals surface area (Å²) in [7, 11) is 0. The van der Waals surface area contributed by atoms with Crippen molar-refractivity contribution in [1.29, 1.82) is 0 Å². The van der Waals surface area contributed by atoms with Crippen LogP contribution >= 0.6 is 34.4 Å². The first-order valence-electron chi connectivity index (χ1n) is 4.90. The Labute approximate surface area is 115 Å². The van der Waals surface area contributed by atoms with Crippen LogP contribution < -0.4 is 5.69 Å². The highest BCUT2D eigenvalue weighted by atomic mass is 127.